The first kappa shape index (κ1) is 22.5. The van der Waals surface area contributed by atoms with E-state index in [1.165, 1.54) is 23.9 Å². The zero-order valence-corrected chi connectivity index (χ0v) is 18.1. The minimum Gasteiger partial charge on any atom is -0.493 e. The van der Waals surface area contributed by atoms with Crippen LogP contribution in [-0.4, -0.2) is 21.4 Å². The van der Waals surface area contributed by atoms with E-state index in [4.69, 9.17) is 16.3 Å². The van der Waals surface area contributed by atoms with Crippen LogP contribution in [0.2, 0.25) is 5.02 Å². The van der Waals surface area contributed by atoms with Crippen molar-refractivity contribution in [2.75, 3.05) is 6.61 Å². The molecule has 0 aliphatic heterocycles. The molecule has 30 heavy (non-hydrogen) atoms. The van der Waals surface area contributed by atoms with Crippen LogP contribution in [-0.2, 0) is 25.4 Å². The number of hydrogen-bond donors (Lipinski definition) is 0. The smallest absolute Gasteiger partial charge is 0.416 e. The maximum atomic E-state index is 12.8. The van der Waals surface area contributed by atoms with Crippen LogP contribution in [0.15, 0.2) is 47.6 Å². The molecule has 0 fully saturated rings. The first-order valence-electron chi connectivity index (χ1n) is 9.30. The van der Waals surface area contributed by atoms with Crippen molar-refractivity contribution in [2.24, 2.45) is 7.05 Å². The normalized spacial score (nSPS) is 11.7. The second kappa shape index (κ2) is 9.75. The molecule has 0 amide bonds. The van der Waals surface area contributed by atoms with Crippen LogP contribution in [0.3, 0.4) is 0 Å². The van der Waals surface area contributed by atoms with Gasteiger partial charge in [-0.1, -0.05) is 41.6 Å². The fraction of sp³-hybridized carbons (Fsp3) is 0.333. The summed E-state index contributed by atoms with van der Waals surface area (Å²) in [5.41, 5.74) is 0.927. The predicted molar refractivity (Wildman–Crippen MR) is 112 cm³/mol. The van der Waals surface area contributed by atoms with Gasteiger partial charge in [0.2, 0.25) is 0 Å². The van der Waals surface area contributed by atoms with Crippen molar-refractivity contribution in [3.8, 4) is 5.75 Å². The highest BCUT2D eigenvalue weighted by Gasteiger charge is 2.30. The molecule has 0 aliphatic rings. The molecule has 0 N–H and O–H groups in total. The number of rotatable bonds is 8. The number of ether oxygens (including phenoxy) is 1. The van der Waals surface area contributed by atoms with Gasteiger partial charge >= 0.3 is 6.18 Å². The van der Waals surface area contributed by atoms with Crippen molar-refractivity contribution >= 4 is 23.4 Å². The minimum absolute atomic E-state index is 0.384. The van der Waals surface area contributed by atoms with Gasteiger partial charge in [-0.05, 0) is 48.7 Å². The lowest BCUT2D eigenvalue weighted by Crippen LogP contribution is -2.05. The maximum absolute atomic E-state index is 12.8. The Balaban J connectivity index is 1.51. The van der Waals surface area contributed by atoms with E-state index in [-0.39, 0.29) is 0 Å². The predicted octanol–water partition coefficient (Wildman–Crippen LogP) is 6.10. The van der Waals surface area contributed by atoms with Crippen molar-refractivity contribution in [1.82, 2.24) is 14.8 Å². The molecule has 0 bridgehead atoms. The van der Waals surface area contributed by atoms with E-state index in [1.54, 1.807) is 12.1 Å². The molecule has 0 unspecified atom stereocenters. The average molecular weight is 456 g/mol. The Morgan fingerprint density at radius 3 is 2.67 bits per heavy atom. The van der Waals surface area contributed by atoms with Crippen molar-refractivity contribution in [2.45, 2.75) is 36.9 Å². The Labute approximate surface area is 182 Å². The molecule has 1 aromatic heterocycles. The molecule has 0 saturated heterocycles. The zero-order chi connectivity index (χ0) is 21.7. The van der Waals surface area contributed by atoms with Gasteiger partial charge in [0.25, 0.3) is 0 Å². The third-order valence-corrected chi connectivity index (χ3v) is 5.81. The summed E-state index contributed by atoms with van der Waals surface area (Å²) in [6.07, 6.45) is -2.90. The molecule has 9 heteroatoms. The molecular formula is C21H21ClF3N3OS. The van der Waals surface area contributed by atoms with Crippen molar-refractivity contribution in [3.05, 3.63) is 70.0 Å². The molecule has 0 atom stereocenters. The summed E-state index contributed by atoms with van der Waals surface area (Å²) in [6, 6.07) is 10.8. The average Bonchev–Trinajstić information content (AvgIpc) is 3.04. The lowest BCUT2D eigenvalue weighted by Gasteiger charge is -2.09. The third-order valence-electron chi connectivity index (χ3n) is 4.49. The van der Waals surface area contributed by atoms with Crippen LogP contribution in [0, 0.1) is 6.92 Å². The van der Waals surface area contributed by atoms with Crippen LogP contribution in [0.4, 0.5) is 13.2 Å². The number of nitrogens with zero attached hydrogens (tertiary/aromatic N) is 3. The second-order valence-electron chi connectivity index (χ2n) is 6.81. The highest BCUT2D eigenvalue weighted by molar-refractivity contribution is 7.98. The summed E-state index contributed by atoms with van der Waals surface area (Å²) in [6.45, 7) is 2.47. The van der Waals surface area contributed by atoms with Crippen LogP contribution >= 0.6 is 23.4 Å². The highest BCUT2D eigenvalue weighted by atomic mass is 35.5. The zero-order valence-electron chi connectivity index (χ0n) is 16.5. The van der Waals surface area contributed by atoms with Gasteiger partial charge in [0.15, 0.2) is 5.16 Å². The van der Waals surface area contributed by atoms with Gasteiger partial charge in [0, 0.05) is 24.2 Å². The summed E-state index contributed by atoms with van der Waals surface area (Å²) in [5, 5.41) is 9.70. The molecular weight excluding hydrogens is 435 g/mol. The summed E-state index contributed by atoms with van der Waals surface area (Å²) in [5.74, 6) is 1.99. The summed E-state index contributed by atoms with van der Waals surface area (Å²) < 4.78 is 46.2. The van der Waals surface area contributed by atoms with Gasteiger partial charge in [0.1, 0.15) is 11.6 Å². The van der Waals surface area contributed by atoms with Gasteiger partial charge in [0.05, 0.1) is 12.2 Å². The van der Waals surface area contributed by atoms with Crippen LogP contribution in [0.25, 0.3) is 0 Å². The van der Waals surface area contributed by atoms with Gasteiger partial charge in [-0.25, -0.2) is 0 Å². The molecule has 160 valence electrons. The van der Waals surface area contributed by atoms with Gasteiger partial charge < -0.3 is 9.30 Å². The molecule has 0 spiro atoms. The van der Waals surface area contributed by atoms with E-state index in [9.17, 15) is 13.2 Å². The number of aryl methyl sites for hydroxylation is 2. The Morgan fingerprint density at radius 1 is 1.13 bits per heavy atom. The van der Waals surface area contributed by atoms with Crippen LogP contribution in [0.5, 0.6) is 5.75 Å². The van der Waals surface area contributed by atoms with E-state index in [1.807, 2.05) is 30.7 Å². The Morgan fingerprint density at radius 2 is 1.93 bits per heavy atom. The van der Waals surface area contributed by atoms with Gasteiger partial charge in [-0.3, -0.25) is 0 Å². The number of aromatic nitrogens is 3. The SMILES string of the molecule is Cc1cc(Cl)ccc1OCCCc1nnc(SCc2cccc(C(F)(F)F)c2)n1C. The molecule has 1 heterocycles. The van der Waals surface area contributed by atoms with E-state index >= 15 is 0 Å². The fourth-order valence-corrected chi connectivity index (χ4v) is 3.96. The van der Waals surface area contributed by atoms with Crippen molar-refractivity contribution in [3.63, 3.8) is 0 Å². The summed E-state index contributed by atoms with van der Waals surface area (Å²) in [7, 11) is 1.86. The van der Waals surface area contributed by atoms with E-state index in [0.717, 1.165) is 29.6 Å². The van der Waals surface area contributed by atoms with E-state index in [0.29, 0.717) is 34.5 Å². The first-order chi connectivity index (χ1) is 14.2. The largest absolute Gasteiger partial charge is 0.493 e. The van der Waals surface area contributed by atoms with Crippen molar-refractivity contribution < 1.29 is 17.9 Å². The van der Waals surface area contributed by atoms with Gasteiger partial charge in [-0.2, -0.15) is 13.2 Å². The summed E-state index contributed by atoms with van der Waals surface area (Å²) >= 11 is 7.30. The van der Waals surface area contributed by atoms with Gasteiger partial charge in [-0.15, -0.1) is 10.2 Å². The highest BCUT2D eigenvalue weighted by Crippen LogP contribution is 2.31. The van der Waals surface area contributed by atoms with Crippen LogP contribution < -0.4 is 4.74 Å². The molecule has 3 aromatic rings. The first-order valence-corrected chi connectivity index (χ1v) is 10.7. The Kier molecular flexibility index (Phi) is 7.31. The lowest BCUT2D eigenvalue weighted by molar-refractivity contribution is -0.137. The summed E-state index contributed by atoms with van der Waals surface area (Å²) in [4.78, 5) is 0. The fourth-order valence-electron chi connectivity index (χ4n) is 2.86. The number of hydrogen-bond acceptors (Lipinski definition) is 4. The topological polar surface area (TPSA) is 39.9 Å². The molecule has 0 aliphatic carbocycles. The maximum Gasteiger partial charge on any atom is 0.416 e. The second-order valence-corrected chi connectivity index (χ2v) is 8.19. The molecule has 0 saturated carbocycles. The lowest BCUT2D eigenvalue weighted by atomic mass is 10.1. The standard InChI is InChI=1S/C21H21ClF3N3OS/c1-14-11-17(22)8-9-18(14)29-10-4-7-19-26-27-20(28(19)2)30-13-15-5-3-6-16(12-15)21(23,24)25/h3,5-6,8-9,11-12H,4,7,10,13H2,1-2H3. The molecule has 0 radical (unpaired) electrons. The molecule has 2 aromatic carbocycles. The van der Waals surface area contributed by atoms with Crippen molar-refractivity contribution in [1.29, 1.82) is 0 Å². The van der Waals surface area contributed by atoms with E-state index < -0.39 is 11.7 Å². The Bertz CT molecular complexity index is 1010. The number of alkyl halides is 3. The molecule has 3 rings (SSSR count). The quantitative estimate of drug-likeness (QED) is 0.304. The number of halogens is 4. The third kappa shape index (κ3) is 5.92. The number of thioether (sulfide) groups is 1. The molecule has 4 nitrogen and oxygen atoms in total. The van der Waals surface area contributed by atoms with Crippen LogP contribution in [0.1, 0.15) is 28.9 Å². The monoisotopic (exact) mass is 455 g/mol. The number of benzene rings is 2. The van der Waals surface area contributed by atoms with E-state index in [2.05, 4.69) is 10.2 Å². The minimum atomic E-state index is -4.34. The Hall–Kier alpha value is -2.19.